The van der Waals surface area contributed by atoms with Crippen LogP contribution >= 0.6 is 23.2 Å². The van der Waals surface area contributed by atoms with Crippen molar-refractivity contribution in [2.75, 3.05) is 5.32 Å². The average molecular weight is 376 g/mol. The lowest BCUT2D eigenvalue weighted by molar-refractivity contribution is -0.144. The minimum Gasteiger partial charge on any atom is -0.466 e. The molecular formula is C19H15Cl2NO3. The van der Waals surface area contributed by atoms with E-state index in [0.29, 0.717) is 21.5 Å². The summed E-state index contributed by atoms with van der Waals surface area (Å²) < 4.78 is 10.4. The Balaban J connectivity index is 1.71. The van der Waals surface area contributed by atoms with Gasteiger partial charge in [-0.3, -0.25) is 4.79 Å². The molecule has 128 valence electrons. The Morgan fingerprint density at radius 1 is 1.00 bits per heavy atom. The summed E-state index contributed by atoms with van der Waals surface area (Å²) in [4.78, 5) is 12.1. The normalized spacial score (nSPS) is 10.5. The molecule has 4 nitrogen and oxygen atoms in total. The van der Waals surface area contributed by atoms with Gasteiger partial charge >= 0.3 is 5.97 Å². The number of carbonyl (C=O) groups is 1. The van der Waals surface area contributed by atoms with E-state index in [2.05, 4.69) is 5.32 Å². The molecule has 0 saturated carbocycles. The molecule has 0 aliphatic carbocycles. The first-order valence-corrected chi connectivity index (χ1v) is 8.36. The zero-order chi connectivity index (χ0) is 17.6. The molecule has 1 heterocycles. The summed E-state index contributed by atoms with van der Waals surface area (Å²) in [6.45, 7) is 0.109. The number of benzene rings is 2. The van der Waals surface area contributed by atoms with Crippen molar-refractivity contribution in [3.8, 4) is 0 Å². The molecular weight excluding hydrogens is 361 g/mol. The van der Waals surface area contributed by atoms with E-state index in [4.69, 9.17) is 32.4 Å². The number of para-hydroxylation sites is 2. The molecule has 3 rings (SSSR count). The summed E-state index contributed by atoms with van der Waals surface area (Å²) in [7, 11) is 0. The van der Waals surface area contributed by atoms with Crippen LogP contribution in [0.2, 0.25) is 10.0 Å². The predicted molar refractivity (Wildman–Crippen MR) is 98.4 cm³/mol. The van der Waals surface area contributed by atoms with Crippen LogP contribution < -0.4 is 5.32 Å². The third-order valence-corrected chi connectivity index (χ3v) is 4.16. The van der Waals surface area contributed by atoms with E-state index in [1.165, 1.54) is 6.26 Å². The van der Waals surface area contributed by atoms with E-state index >= 15 is 0 Å². The Bertz CT molecular complexity index is 843. The quantitative estimate of drug-likeness (QED) is 0.568. The third-order valence-electron chi connectivity index (χ3n) is 3.53. The van der Waals surface area contributed by atoms with Crippen LogP contribution in [0.5, 0.6) is 0 Å². The third kappa shape index (κ3) is 4.56. The topological polar surface area (TPSA) is 51.5 Å². The second kappa shape index (κ2) is 8.10. The Labute approximate surface area is 155 Å². The molecule has 0 aliphatic rings. The number of hydrogen-bond acceptors (Lipinski definition) is 4. The number of furan rings is 1. The summed E-state index contributed by atoms with van der Waals surface area (Å²) in [5.74, 6) is 0.249. The van der Waals surface area contributed by atoms with Gasteiger partial charge in [-0.15, -0.1) is 0 Å². The molecule has 25 heavy (non-hydrogen) atoms. The second-order valence-electron chi connectivity index (χ2n) is 5.30. The molecule has 2 aromatic carbocycles. The number of esters is 1. The minimum absolute atomic E-state index is 0.109. The fraction of sp³-hybridized carbons (Fsp3) is 0.105. The van der Waals surface area contributed by atoms with Crippen LogP contribution in [-0.2, 0) is 22.6 Å². The fourth-order valence-corrected chi connectivity index (χ4v) is 2.79. The Hall–Kier alpha value is -2.43. The molecule has 0 radical (unpaired) electrons. The molecule has 0 atom stereocenters. The lowest BCUT2D eigenvalue weighted by Crippen LogP contribution is -2.09. The second-order valence-corrected chi connectivity index (χ2v) is 6.11. The maximum Gasteiger partial charge on any atom is 0.310 e. The first-order valence-electron chi connectivity index (χ1n) is 7.60. The minimum atomic E-state index is -0.351. The number of nitrogens with one attached hydrogen (secondary N) is 1. The van der Waals surface area contributed by atoms with E-state index in [0.717, 1.165) is 11.3 Å². The Morgan fingerprint density at radius 2 is 1.76 bits per heavy atom. The van der Waals surface area contributed by atoms with E-state index in [1.54, 1.807) is 30.3 Å². The van der Waals surface area contributed by atoms with Gasteiger partial charge in [0.25, 0.3) is 0 Å². The van der Waals surface area contributed by atoms with E-state index in [-0.39, 0.29) is 19.0 Å². The lowest BCUT2D eigenvalue weighted by Gasteiger charge is -2.14. The smallest absolute Gasteiger partial charge is 0.310 e. The van der Waals surface area contributed by atoms with Gasteiger partial charge in [0, 0.05) is 5.69 Å². The van der Waals surface area contributed by atoms with Gasteiger partial charge in [0.1, 0.15) is 12.4 Å². The summed E-state index contributed by atoms with van der Waals surface area (Å²) in [5, 5.41) is 4.20. The summed E-state index contributed by atoms with van der Waals surface area (Å²) >= 11 is 12.4. The number of anilines is 2. The van der Waals surface area contributed by atoms with Gasteiger partial charge in [0.2, 0.25) is 0 Å². The lowest BCUT2D eigenvalue weighted by atomic mass is 10.1. The van der Waals surface area contributed by atoms with Crippen molar-refractivity contribution >= 4 is 40.5 Å². The van der Waals surface area contributed by atoms with Crippen LogP contribution in [-0.4, -0.2) is 5.97 Å². The Morgan fingerprint density at radius 3 is 2.48 bits per heavy atom. The molecule has 0 spiro atoms. The molecule has 3 aromatic rings. The maximum atomic E-state index is 12.1. The van der Waals surface area contributed by atoms with Gasteiger partial charge in [-0.2, -0.15) is 0 Å². The average Bonchev–Trinajstić information content (AvgIpc) is 3.11. The molecule has 0 saturated heterocycles. The number of ether oxygens (including phenoxy) is 1. The van der Waals surface area contributed by atoms with Crippen LogP contribution in [0.15, 0.2) is 65.3 Å². The van der Waals surface area contributed by atoms with Gasteiger partial charge in [0.15, 0.2) is 0 Å². The molecule has 0 unspecified atom stereocenters. The first-order chi connectivity index (χ1) is 12.1. The molecule has 0 fully saturated rings. The Kier molecular flexibility index (Phi) is 5.64. The fourth-order valence-electron chi connectivity index (χ4n) is 2.30. The van der Waals surface area contributed by atoms with E-state index < -0.39 is 0 Å². The van der Waals surface area contributed by atoms with Crippen molar-refractivity contribution < 1.29 is 13.9 Å². The zero-order valence-corrected chi connectivity index (χ0v) is 14.7. The number of hydrogen-bond donors (Lipinski definition) is 1. The van der Waals surface area contributed by atoms with Gasteiger partial charge < -0.3 is 14.5 Å². The van der Waals surface area contributed by atoms with E-state index in [9.17, 15) is 4.79 Å². The molecule has 6 heteroatoms. The molecule has 0 bridgehead atoms. The molecule has 1 N–H and O–H groups in total. The SMILES string of the molecule is O=C(Cc1ccccc1Nc1c(Cl)cccc1Cl)OCc1ccco1. The van der Waals surface area contributed by atoms with Crippen molar-refractivity contribution in [2.24, 2.45) is 0 Å². The van der Waals surface area contributed by atoms with Crippen LogP contribution in [0, 0.1) is 0 Å². The predicted octanol–water partition coefficient (Wildman–Crippen LogP) is 5.62. The monoisotopic (exact) mass is 375 g/mol. The summed E-state index contributed by atoms with van der Waals surface area (Å²) in [6, 6.07) is 16.2. The van der Waals surface area contributed by atoms with Crippen molar-refractivity contribution in [2.45, 2.75) is 13.0 Å². The first kappa shape index (κ1) is 17.4. The van der Waals surface area contributed by atoms with Crippen LogP contribution in [0.25, 0.3) is 0 Å². The van der Waals surface area contributed by atoms with Gasteiger partial charge in [-0.1, -0.05) is 47.5 Å². The molecule has 0 amide bonds. The number of carbonyl (C=O) groups excluding carboxylic acids is 1. The zero-order valence-electron chi connectivity index (χ0n) is 13.2. The number of halogens is 2. The van der Waals surface area contributed by atoms with Crippen LogP contribution in [0.3, 0.4) is 0 Å². The molecule has 1 aromatic heterocycles. The van der Waals surface area contributed by atoms with Crippen molar-refractivity contribution in [1.82, 2.24) is 0 Å². The highest BCUT2D eigenvalue weighted by molar-refractivity contribution is 6.39. The van der Waals surface area contributed by atoms with Crippen molar-refractivity contribution in [3.05, 3.63) is 82.2 Å². The van der Waals surface area contributed by atoms with E-state index in [1.807, 2.05) is 24.3 Å². The summed E-state index contributed by atoms with van der Waals surface area (Å²) in [6.07, 6.45) is 1.65. The number of rotatable bonds is 6. The molecule has 0 aliphatic heterocycles. The highest BCUT2D eigenvalue weighted by Crippen LogP contribution is 2.33. The van der Waals surface area contributed by atoms with Crippen molar-refractivity contribution in [3.63, 3.8) is 0 Å². The highest BCUT2D eigenvalue weighted by atomic mass is 35.5. The highest BCUT2D eigenvalue weighted by Gasteiger charge is 2.12. The standard InChI is InChI=1S/C19H15Cl2NO3/c20-15-7-3-8-16(21)19(15)22-17-9-2-1-5-13(17)11-18(23)25-12-14-6-4-10-24-14/h1-10,22H,11-12H2. The van der Waals surface area contributed by atoms with Gasteiger partial charge in [-0.05, 0) is 35.9 Å². The van der Waals surface area contributed by atoms with Gasteiger partial charge in [-0.25, -0.2) is 0 Å². The van der Waals surface area contributed by atoms with Crippen LogP contribution in [0.1, 0.15) is 11.3 Å². The van der Waals surface area contributed by atoms with Crippen molar-refractivity contribution in [1.29, 1.82) is 0 Å². The maximum absolute atomic E-state index is 12.1. The van der Waals surface area contributed by atoms with Gasteiger partial charge in [0.05, 0.1) is 28.4 Å². The van der Waals surface area contributed by atoms with Crippen LogP contribution in [0.4, 0.5) is 11.4 Å². The largest absolute Gasteiger partial charge is 0.466 e. The summed E-state index contributed by atoms with van der Waals surface area (Å²) in [5.41, 5.74) is 2.12.